The van der Waals surface area contributed by atoms with Crippen LogP contribution in [0.15, 0.2) is 36.0 Å². The largest absolute Gasteiger partial charge is 0.383 e. The van der Waals surface area contributed by atoms with E-state index in [9.17, 15) is 9.59 Å². The molecule has 2 aliphatic heterocycles. The summed E-state index contributed by atoms with van der Waals surface area (Å²) >= 11 is 0. The van der Waals surface area contributed by atoms with Crippen molar-refractivity contribution in [1.29, 1.82) is 0 Å². The Morgan fingerprint density at radius 3 is 2.75 bits per heavy atom. The Hall–Kier alpha value is -2.10. The van der Waals surface area contributed by atoms with Gasteiger partial charge in [0.1, 0.15) is 0 Å². The summed E-state index contributed by atoms with van der Waals surface area (Å²) in [6.07, 6.45) is 2.89. The highest BCUT2D eigenvalue weighted by molar-refractivity contribution is 6.21. The molecule has 0 aliphatic carbocycles. The zero-order valence-corrected chi connectivity index (χ0v) is 11.8. The number of nitrogens with zero attached hydrogens (tertiary/aromatic N) is 2. The number of fused-ring (bicyclic) bond motifs is 3. The molecular weight excluding hydrogens is 252 g/mol. The number of piperidine rings is 1. The van der Waals surface area contributed by atoms with Gasteiger partial charge < -0.3 is 9.80 Å². The van der Waals surface area contributed by atoms with Crippen molar-refractivity contribution in [3.63, 3.8) is 0 Å². The van der Waals surface area contributed by atoms with Gasteiger partial charge in [-0.25, -0.2) is 0 Å². The predicted octanol–water partition coefficient (Wildman–Crippen LogP) is 1.53. The van der Waals surface area contributed by atoms with Crippen molar-refractivity contribution in [2.75, 3.05) is 20.6 Å². The average molecular weight is 270 g/mol. The van der Waals surface area contributed by atoms with Gasteiger partial charge in [0.2, 0.25) is 0 Å². The molecule has 0 saturated carbocycles. The fraction of sp³-hybridized carbons (Fsp3) is 0.375. The summed E-state index contributed by atoms with van der Waals surface area (Å²) in [5, 5.41) is 0. The first kappa shape index (κ1) is 12.9. The maximum Gasteiger partial charge on any atom is 0.259 e. The Morgan fingerprint density at radius 2 is 2.00 bits per heavy atom. The van der Waals surface area contributed by atoms with Gasteiger partial charge in [-0.2, -0.15) is 0 Å². The highest BCUT2D eigenvalue weighted by atomic mass is 16.2. The monoisotopic (exact) mass is 270 g/mol. The number of Topliss-reactive ketones (excluding diaryl/α,β-unsaturated/α-hetero) is 1. The zero-order chi connectivity index (χ0) is 14.3. The average Bonchev–Trinajstić information content (AvgIpc) is 2.43. The van der Waals surface area contributed by atoms with E-state index in [4.69, 9.17) is 0 Å². The number of ketones is 1. The Balaban J connectivity index is 1.99. The lowest BCUT2D eigenvalue weighted by molar-refractivity contribution is -0.137. The summed E-state index contributed by atoms with van der Waals surface area (Å²) in [4.78, 5) is 28.4. The van der Waals surface area contributed by atoms with E-state index >= 15 is 0 Å². The van der Waals surface area contributed by atoms with Gasteiger partial charge in [-0.15, -0.1) is 0 Å². The smallest absolute Gasteiger partial charge is 0.259 e. The van der Waals surface area contributed by atoms with Gasteiger partial charge in [-0.05, 0) is 17.5 Å². The molecule has 1 amide bonds. The van der Waals surface area contributed by atoms with Gasteiger partial charge in [-0.3, -0.25) is 9.59 Å². The minimum atomic E-state index is -0.130. The van der Waals surface area contributed by atoms with E-state index in [0.29, 0.717) is 18.5 Å². The van der Waals surface area contributed by atoms with Crippen LogP contribution in [-0.4, -0.2) is 42.1 Å². The first-order chi connectivity index (χ1) is 9.58. The Kier molecular flexibility index (Phi) is 3.08. The summed E-state index contributed by atoms with van der Waals surface area (Å²) in [7, 11) is 3.65. The van der Waals surface area contributed by atoms with Gasteiger partial charge >= 0.3 is 0 Å². The van der Waals surface area contributed by atoms with Gasteiger partial charge in [0.05, 0.1) is 11.6 Å². The number of hydrogen-bond acceptors (Lipinski definition) is 3. The van der Waals surface area contributed by atoms with Crippen LogP contribution in [0.1, 0.15) is 23.6 Å². The topological polar surface area (TPSA) is 40.6 Å². The normalized spacial score (nSPS) is 23.6. The van der Waals surface area contributed by atoms with Gasteiger partial charge in [0.15, 0.2) is 5.78 Å². The SMILES string of the molecule is CN(C)/C=C1/C(=O)CC2c3ccccc3CCN2C1=O. The molecule has 1 aromatic rings. The number of carbonyl (C=O) groups excluding carboxylic acids is 2. The molecule has 3 rings (SSSR count). The first-order valence-corrected chi connectivity index (χ1v) is 6.88. The number of benzene rings is 1. The summed E-state index contributed by atoms with van der Waals surface area (Å²) in [6, 6.07) is 8.03. The minimum absolute atomic E-state index is 0.0540. The summed E-state index contributed by atoms with van der Waals surface area (Å²) in [5.41, 5.74) is 2.70. The summed E-state index contributed by atoms with van der Waals surface area (Å²) < 4.78 is 0. The molecule has 2 heterocycles. The highest BCUT2D eigenvalue weighted by Gasteiger charge is 2.40. The summed E-state index contributed by atoms with van der Waals surface area (Å²) in [6.45, 7) is 0.693. The zero-order valence-electron chi connectivity index (χ0n) is 11.8. The van der Waals surface area contributed by atoms with Crippen LogP contribution >= 0.6 is 0 Å². The maximum absolute atomic E-state index is 12.5. The lowest BCUT2D eigenvalue weighted by atomic mass is 9.85. The van der Waals surface area contributed by atoms with Crippen LogP contribution in [0.5, 0.6) is 0 Å². The Bertz CT molecular complexity index is 604. The van der Waals surface area contributed by atoms with Crippen molar-refractivity contribution in [3.8, 4) is 0 Å². The molecule has 0 radical (unpaired) electrons. The van der Waals surface area contributed by atoms with E-state index in [2.05, 4.69) is 6.07 Å². The van der Waals surface area contributed by atoms with E-state index in [-0.39, 0.29) is 17.7 Å². The summed E-state index contributed by atoms with van der Waals surface area (Å²) in [5.74, 6) is -0.184. The standard InChI is InChI=1S/C16H18N2O2/c1-17(2)10-13-15(19)9-14-12-6-4-3-5-11(12)7-8-18(14)16(13)20/h3-6,10,14H,7-9H2,1-2H3/b13-10-. The molecule has 2 aliphatic rings. The third-order valence-corrected chi connectivity index (χ3v) is 3.97. The van der Waals surface area contributed by atoms with E-state index in [1.54, 1.807) is 11.1 Å². The van der Waals surface area contributed by atoms with Crippen molar-refractivity contribution in [1.82, 2.24) is 9.80 Å². The van der Waals surface area contributed by atoms with Crippen LogP contribution in [-0.2, 0) is 16.0 Å². The fourth-order valence-corrected chi connectivity index (χ4v) is 3.06. The Labute approximate surface area is 118 Å². The second-order valence-corrected chi connectivity index (χ2v) is 5.60. The Morgan fingerprint density at radius 1 is 1.25 bits per heavy atom. The van der Waals surface area contributed by atoms with Crippen molar-refractivity contribution in [2.45, 2.75) is 18.9 Å². The number of carbonyl (C=O) groups is 2. The molecule has 4 nitrogen and oxygen atoms in total. The van der Waals surface area contributed by atoms with Crippen molar-refractivity contribution in [3.05, 3.63) is 47.2 Å². The first-order valence-electron chi connectivity index (χ1n) is 6.88. The lowest BCUT2D eigenvalue weighted by Gasteiger charge is -2.40. The molecule has 0 aromatic heterocycles. The molecule has 0 N–H and O–H groups in total. The third kappa shape index (κ3) is 2.01. The number of hydrogen-bond donors (Lipinski definition) is 0. The molecule has 1 aromatic carbocycles. The molecule has 0 bridgehead atoms. The second-order valence-electron chi connectivity index (χ2n) is 5.60. The van der Waals surface area contributed by atoms with E-state index in [1.165, 1.54) is 5.56 Å². The molecule has 1 fully saturated rings. The van der Waals surface area contributed by atoms with E-state index in [0.717, 1.165) is 12.0 Å². The van der Waals surface area contributed by atoms with Crippen molar-refractivity contribution in [2.24, 2.45) is 0 Å². The highest BCUT2D eigenvalue weighted by Crippen LogP contribution is 2.37. The quantitative estimate of drug-likeness (QED) is 0.574. The molecule has 4 heteroatoms. The molecule has 0 spiro atoms. The molecule has 1 unspecified atom stereocenters. The van der Waals surface area contributed by atoms with Crippen LogP contribution in [0.2, 0.25) is 0 Å². The van der Waals surface area contributed by atoms with Gasteiger partial charge in [0, 0.05) is 33.3 Å². The number of amides is 1. The van der Waals surface area contributed by atoms with Crippen LogP contribution in [0.25, 0.3) is 0 Å². The lowest BCUT2D eigenvalue weighted by Crippen LogP contribution is -2.47. The second kappa shape index (κ2) is 4.78. The van der Waals surface area contributed by atoms with Crippen molar-refractivity contribution >= 4 is 11.7 Å². The molecule has 104 valence electrons. The van der Waals surface area contributed by atoms with Crippen LogP contribution in [0.4, 0.5) is 0 Å². The number of rotatable bonds is 1. The third-order valence-electron chi connectivity index (χ3n) is 3.97. The minimum Gasteiger partial charge on any atom is -0.383 e. The van der Waals surface area contributed by atoms with Gasteiger partial charge in [-0.1, -0.05) is 24.3 Å². The van der Waals surface area contributed by atoms with E-state index < -0.39 is 0 Å². The fourth-order valence-electron chi connectivity index (χ4n) is 3.06. The van der Waals surface area contributed by atoms with Gasteiger partial charge in [0.25, 0.3) is 5.91 Å². The molecular formula is C16H18N2O2. The maximum atomic E-state index is 12.5. The predicted molar refractivity (Wildman–Crippen MR) is 76.0 cm³/mol. The van der Waals surface area contributed by atoms with E-state index in [1.807, 2.05) is 37.2 Å². The van der Waals surface area contributed by atoms with Crippen LogP contribution in [0.3, 0.4) is 0 Å². The molecule has 1 atom stereocenters. The van der Waals surface area contributed by atoms with Crippen LogP contribution < -0.4 is 0 Å². The van der Waals surface area contributed by atoms with Crippen LogP contribution in [0, 0.1) is 0 Å². The van der Waals surface area contributed by atoms with Crippen molar-refractivity contribution < 1.29 is 9.59 Å². The molecule has 20 heavy (non-hydrogen) atoms. The molecule has 1 saturated heterocycles.